The van der Waals surface area contributed by atoms with Crippen LogP contribution in [0.2, 0.25) is 0 Å². The van der Waals surface area contributed by atoms with Gasteiger partial charge >= 0.3 is 5.97 Å². The van der Waals surface area contributed by atoms with Crippen LogP contribution in [0, 0.1) is 23.7 Å². The smallest absolute Gasteiger partial charge is 0.305 e. The molecule has 1 N–H and O–H groups in total. The van der Waals surface area contributed by atoms with E-state index in [2.05, 4.69) is 24.1 Å². The lowest BCUT2D eigenvalue weighted by Gasteiger charge is -2.51. The van der Waals surface area contributed by atoms with Crippen LogP contribution in [0.15, 0.2) is 35.3 Å². The summed E-state index contributed by atoms with van der Waals surface area (Å²) in [4.78, 5) is 32.9. The van der Waals surface area contributed by atoms with E-state index in [1.807, 2.05) is 36.5 Å². The van der Waals surface area contributed by atoms with Gasteiger partial charge in [-0.05, 0) is 36.2 Å². The number of nitrogens with one attached hydrogen (secondary N) is 1. The molecule has 0 spiro atoms. The summed E-state index contributed by atoms with van der Waals surface area (Å²) in [5, 5.41) is 3.19. The van der Waals surface area contributed by atoms with Crippen LogP contribution < -0.4 is 5.32 Å². The molecule has 1 aromatic carbocycles. The fraction of sp³-hybridized carbons (Fsp3) is 0.625. The van der Waals surface area contributed by atoms with E-state index >= 15 is 0 Å². The molecule has 5 atom stereocenters. The molecule has 1 aliphatic carbocycles. The van der Waals surface area contributed by atoms with Crippen LogP contribution in [0.1, 0.15) is 38.7 Å². The van der Waals surface area contributed by atoms with Crippen LogP contribution in [0.4, 0.5) is 0 Å². The zero-order valence-electron chi connectivity index (χ0n) is 18.2. The summed E-state index contributed by atoms with van der Waals surface area (Å²) in [5.74, 6) is 1.19. The highest BCUT2D eigenvalue weighted by Gasteiger charge is 2.67. The van der Waals surface area contributed by atoms with Crippen molar-refractivity contribution >= 4 is 18.1 Å². The third kappa shape index (κ3) is 3.66. The van der Waals surface area contributed by atoms with Crippen LogP contribution >= 0.6 is 0 Å². The van der Waals surface area contributed by atoms with E-state index in [9.17, 15) is 9.59 Å². The maximum Gasteiger partial charge on any atom is 0.305 e. The Hall–Kier alpha value is -2.21. The number of hydrogen-bond donors (Lipinski definition) is 1. The topological polar surface area (TPSA) is 71.0 Å². The van der Waals surface area contributed by atoms with Crippen molar-refractivity contribution in [3.63, 3.8) is 0 Å². The zero-order valence-corrected chi connectivity index (χ0v) is 18.2. The van der Waals surface area contributed by atoms with Gasteiger partial charge in [-0.15, -0.1) is 0 Å². The number of aliphatic imine (C=N–C) groups is 1. The first kappa shape index (κ1) is 21.0. The minimum Gasteiger partial charge on any atom is -0.469 e. The minimum atomic E-state index is -0.737. The average molecular weight is 412 g/mol. The molecule has 1 amide bonds. The third-order valence-electron chi connectivity index (χ3n) is 7.08. The fourth-order valence-corrected chi connectivity index (χ4v) is 5.93. The lowest BCUT2D eigenvalue weighted by molar-refractivity contribution is -0.141. The van der Waals surface area contributed by atoms with Gasteiger partial charge in [-0.2, -0.15) is 0 Å². The fourth-order valence-electron chi connectivity index (χ4n) is 5.93. The van der Waals surface area contributed by atoms with Crippen LogP contribution in [0.25, 0.3) is 0 Å². The molecule has 1 aromatic rings. The summed E-state index contributed by atoms with van der Waals surface area (Å²) in [6.07, 6.45) is 4.11. The number of benzene rings is 1. The zero-order chi connectivity index (χ0) is 21.3. The molecule has 4 aliphatic rings. The Morgan fingerprint density at radius 3 is 2.77 bits per heavy atom. The Balaban J connectivity index is 1.59. The molecule has 0 aromatic heterocycles. The first-order valence-corrected chi connectivity index (χ1v) is 11.1. The average Bonchev–Trinajstić information content (AvgIpc) is 3.00. The van der Waals surface area contributed by atoms with E-state index in [1.165, 1.54) is 7.11 Å². The molecule has 6 heteroatoms. The molecule has 162 valence electrons. The predicted molar refractivity (Wildman–Crippen MR) is 116 cm³/mol. The third-order valence-corrected chi connectivity index (χ3v) is 7.08. The maximum absolute atomic E-state index is 13.6. The quantitative estimate of drug-likeness (QED) is 0.668. The number of carbonyl (C=O) groups excluding carboxylic acids is 2. The number of nitrogens with zero attached hydrogens (tertiary/aromatic N) is 2. The van der Waals surface area contributed by atoms with E-state index < -0.39 is 5.54 Å². The molecule has 5 unspecified atom stereocenters. The second-order valence-electron chi connectivity index (χ2n) is 9.44. The van der Waals surface area contributed by atoms with E-state index in [0.717, 1.165) is 31.5 Å². The van der Waals surface area contributed by atoms with E-state index in [1.54, 1.807) is 0 Å². The molecule has 1 saturated carbocycles. The Morgan fingerprint density at radius 2 is 2.07 bits per heavy atom. The van der Waals surface area contributed by atoms with Gasteiger partial charge in [0, 0.05) is 44.2 Å². The van der Waals surface area contributed by atoms with E-state index in [4.69, 9.17) is 9.73 Å². The summed E-state index contributed by atoms with van der Waals surface area (Å²) < 4.78 is 4.89. The van der Waals surface area contributed by atoms with E-state index in [-0.39, 0.29) is 29.8 Å². The van der Waals surface area contributed by atoms with Gasteiger partial charge < -0.3 is 10.1 Å². The van der Waals surface area contributed by atoms with Crippen molar-refractivity contribution in [3.05, 3.63) is 35.9 Å². The number of likely N-dealkylation sites (tertiary alicyclic amines) is 1. The second kappa shape index (κ2) is 8.50. The minimum absolute atomic E-state index is 0.0325. The van der Waals surface area contributed by atoms with Crippen molar-refractivity contribution in [3.8, 4) is 0 Å². The van der Waals surface area contributed by atoms with Crippen molar-refractivity contribution in [2.75, 3.05) is 20.2 Å². The normalized spacial score (nSPS) is 31.9. The summed E-state index contributed by atoms with van der Waals surface area (Å²) in [6, 6.07) is 10.1. The van der Waals surface area contributed by atoms with Crippen molar-refractivity contribution in [1.29, 1.82) is 0 Å². The maximum atomic E-state index is 13.6. The Morgan fingerprint density at radius 1 is 1.30 bits per heavy atom. The van der Waals surface area contributed by atoms with Gasteiger partial charge in [0.1, 0.15) is 0 Å². The Labute approximate surface area is 179 Å². The lowest BCUT2D eigenvalue weighted by atomic mass is 9.60. The van der Waals surface area contributed by atoms with Gasteiger partial charge in [0.2, 0.25) is 5.91 Å². The van der Waals surface area contributed by atoms with Gasteiger partial charge in [0.15, 0.2) is 5.54 Å². The monoisotopic (exact) mass is 411 g/mol. The van der Waals surface area contributed by atoms with Crippen LogP contribution in [0.3, 0.4) is 0 Å². The Kier molecular flexibility index (Phi) is 5.96. The predicted octanol–water partition coefficient (Wildman–Crippen LogP) is 2.67. The number of methoxy groups -OCH3 is 1. The summed E-state index contributed by atoms with van der Waals surface area (Å²) >= 11 is 0. The molecular weight excluding hydrogens is 378 g/mol. The molecule has 1 saturated heterocycles. The van der Waals surface area contributed by atoms with E-state index in [0.29, 0.717) is 24.8 Å². The number of ether oxygens (including phenoxy) is 1. The molecule has 6 nitrogen and oxygen atoms in total. The van der Waals surface area contributed by atoms with Gasteiger partial charge in [0.05, 0.1) is 7.11 Å². The highest BCUT2D eigenvalue weighted by Crippen LogP contribution is 2.55. The SMILES string of the molecule is COC(=O)CCC1C2C=NC3(C(=O)NCc4ccccc4)C(C2)CN(CC(C)C)C13. The second-order valence-corrected chi connectivity index (χ2v) is 9.44. The number of carbonyl (C=O) groups is 2. The molecule has 5 rings (SSSR count). The first-order chi connectivity index (χ1) is 14.5. The van der Waals surface area contributed by atoms with Gasteiger partial charge in [0.25, 0.3) is 0 Å². The highest BCUT2D eigenvalue weighted by molar-refractivity contribution is 5.92. The molecular formula is C24H33N3O3. The number of amides is 1. The van der Waals surface area contributed by atoms with Crippen molar-refractivity contribution in [2.24, 2.45) is 28.7 Å². The molecule has 3 aliphatic heterocycles. The van der Waals surface area contributed by atoms with Crippen LogP contribution in [0.5, 0.6) is 0 Å². The van der Waals surface area contributed by atoms with Crippen molar-refractivity contribution in [2.45, 2.75) is 51.2 Å². The largest absolute Gasteiger partial charge is 0.469 e. The summed E-state index contributed by atoms with van der Waals surface area (Å²) in [5.41, 5.74) is 0.350. The molecule has 3 heterocycles. The number of rotatable bonds is 8. The van der Waals surface area contributed by atoms with Gasteiger partial charge in [-0.3, -0.25) is 19.5 Å². The van der Waals surface area contributed by atoms with Crippen LogP contribution in [-0.4, -0.2) is 54.8 Å². The number of hydrogen-bond acceptors (Lipinski definition) is 5. The molecule has 30 heavy (non-hydrogen) atoms. The van der Waals surface area contributed by atoms with Crippen LogP contribution in [-0.2, 0) is 20.9 Å². The standard InChI is InChI=1S/C24H33N3O3/c1-16(2)14-27-15-19-11-18-13-26-24(19,22(27)20(18)9-10-21(28)30-3)23(29)25-12-17-7-5-4-6-8-17/h4-8,13,16,18-20,22H,9-12,14-15H2,1-3H3,(H,25,29). The Bertz CT molecular complexity index is 809. The summed E-state index contributed by atoms with van der Waals surface area (Å²) in [6.45, 7) is 6.80. The van der Waals surface area contributed by atoms with Gasteiger partial charge in [-0.25, -0.2) is 0 Å². The lowest BCUT2D eigenvalue weighted by Crippen LogP contribution is -2.65. The van der Waals surface area contributed by atoms with Gasteiger partial charge in [-0.1, -0.05) is 44.2 Å². The number of esters is 1. The summed E-state index contributed by atoms with van der Waals surface area (Å²) in [7, 11) is 1.44. The molecule has 4 bridgehead atoms. The first-order valence-electron chi connectivity index (χ1n) is 11.1. The van der Waals surface area contributed by atoms with Crippen molar-refractivity contribution < 1.29 is 14.3 Å². The van der Waals surface area contributed by atoms with Crippen molar-refractivity contribution in [1.82, 2.24) is 10.2 Å². The highest BCUT2D eigenvalue weighted by atomic mass is 16.5. The molecule has 0 radical (unpaired) electrons. The molecule has 2 fully saturated rings.